The quantitative estimate of drug-likeness (QED) is 0.236. The molecule has 3 heterocycles. The molecular weight excluding hydrogens is 488 g/mol. The second-order valence-corrected chi connectivity index (χ2v) is 10.4. The normalized spacial score (nSPS) is 11.8. The maximum Gasteiger partial charge on any atom is 0.165 e. The molecule has 0 atom stereocenters. The van der Waals surface area contributed by atoms with Crippen molar-refractivity contribution >= 4 is 43.7 Å². The van der Waals surface area contributed by atoms with Crippen molar-refractivity contribution in [3.63, 3.8) is 0 Å². The Bertz CT molecular complexity index is 2160. The van der Waals surface area contributed by atoms with E-state index in [9.17, 15) is 0 Å². The van der Waals surface area contributed by atoms with Crippen molar-refractivity contribution in [3.05, 3.63) is 133 Å². The SMILES string of the molecule is Cc1cccc2c3cccc(C)c3n(-c3ccc(-c4nc5c6ccccc6cnc5n4-c4ccccc4)cc3)c12. The van der Waals surface area contributed by atoms with E-state index in [0.29, 0.717) is 0 Å². The van der Waals surface area contributed by atoms with E-state index < -0.39 is 0 Å². The van der Waals surface area contributed by atoms with Gasteiger partial charge in [-0.15, -0.1) is 0 Å². The summed E-state index contributed by atoms with van der Waals surface area (Å²) in [6.07, 6.45) is 1.94. The predicted molar refractivity (Wildman–Crippen MR) is 166 cm³/mol. The number of aryl methyl sites for hydroxylation is 2. The lowest BCUT2D eigenvalue weighted by atomic mass is 10.1. The van der Waals surface area contributed by atoms with Crippen LogP contribution in [-0.4, -0.2) is 19.1 Å². The molecule has 3 aromatic heterocycles. The molecule has 0 saturated heterocycles. The van der Waals surface area contributed by atoms with Crippen LogP contribution in [0.15, 0.2) is 121 Å². The monoisotopic (exact) mass is 514 g/mol. The first-order valence-electron chi connectivity index (χ1n) is 13.6. The number of nitrogens with zero attached hydrogens (tertiary/aromatic N) is 4. The maximum absolute atomic E-state index is 5.20. The van der Waals surface area contributed by atoms with E-state index >= 15 is 0 Å². The van der Waals surface area contributed by atoms with E-state index in [2.05, 4.69) is 126 Å². The molecule has 0 radical (unpaired) electrons. The van der Waals surface area contributed by atoms with E-state index in [1.54, 1.807) is 0 Å². The van der Waals surface area contributed by atoms with E-state index in [4.69, 9.17) is 9.97 Å². The van der Waals surface area contributed by atoms with Gasteiger partial charge in [0.15, 0.2) is 5.65 Å². The molecular formula is C36H26N4. The average molecular weight is 515 g/mol. The third-order valence-corrected chi connectivity index (χ3v) is 8.01. The fraction of sp³-hybridized carbons (Fsp3) is 0.0556. The number of hydrogen-bond donors (Lipinski definition) is 0. The first-order chi connectivity index (χ1) is 19.7. The van der Waals surface area contributed by atoms with Gasteiger partial charge in [-0.25, -0.2) is 9.97 Å². The minimum Gasteiger partial charge on any atom is -0.309 e. The van der Waals surface area contributed by atoms with Crippen molar-refractivity contribution in [1.29, 1.82) is 0 Å². The van der Waals surface area contributed by atoms with Crippen molar-refractivity contribution in [3.8, 4) is 22.8 Å². The summed E-state index contributed by atoms with van der Waals surface area (Å²) >= 11 is 0. The number of pyridine rings is 1. The van der Waals surface area contributed by atoms with Crippen LogP contribution in [0.4, 0.5) is 0 Å². The standard InChI is InChI=1S/C36H26N4/c1-23-10-8-16-30-31-17-9-11-24(2)34(31)39(33(23)30)28-20-18-25(19-21-28)35-38-32-29-15-7-6-12-26(29)22-37-36(32)40(35)27-13-4-3-5-14-27/h3-22H,1-2H3. The number of fused-ring (bicyclic) bond motifs is 6. The maximum atomic E-state index is 5.20. The van der Waals surface area contributed by atoms with Gasteiger partial charge in [0.2, 0.25) is 0 Å². The molecule has 0 bridgehead atoms. The highest BCUT2D eigenvalue weighted by atomic mass is 15.1. The Hall–Kier alpha value is -5.22. The van der Waals surface area contributed by atoms with Crippen LogP contribution in [-0.2, 0) is 0 Å². The van der Waals surface area contributed by atoms with E-state index in [1.807, 2.05) is 18.3 Å². The van der Waals surface area contributed by atoms with Crippen LogP contribution < -0.4 is 0 Å². The molecule has 0 N–H and O–H groups in total. The Balaban J connectivity index is 1.37. The first-order valence-corrected chi connectivity index (χ1v) is 13.6. The minimum absolute atomic E-state index is 0.859. The second-order valence-electron chi connectivity index (χ2n) is 10.4. The molecule has 190 valence electrons. The van der Waals surface area contributed by atoms with Crippen molar-refractivity contribution in [1.82, 2.24) is 19.1 Å². The molecule has 5 aromatic carbocycles. The van der Waals surface area contributed by atoms with Crippen molar-refractivity contribution in [2.75, 3.05) is 0 Å². The van der Waals surface area contributed by atoms with Gasteiger partial charge in [0.1, 0.15) is 11.3 Å². The zero-order valence-electron chi connectivity index (χ0n) is 22.3. The Morgan fingerprint density at radius 1 is 0.525 bits per heavy atom. The lowest BCUT2D eigenvalue weighted by Gasteiger charge is -2.13. The molecule has 0 saturated carbocycles. The van der Waals surface area contributed by atoms with Crippen LogP contribution in [0.3, 0.4) is 0 Å². The largest absolute Gasteiger partial charge is 0.309 e. The van der Waals surface area contributed by atoms with Crippen LogP contribution >= 0.6 is 0 Å². The smallest absolute Gasteiger partial charge is 0.165 e. The van der Waals surface area contributed by atoms with E-state index in [1.165, 1.54) is 32.9 Å². The summed E-state index contributed by atoms with van der Waals surface area (Å²) in [6, 6.07) is 40.7. The van der Waals surface area contributed by atoms with E-state index in [-0.39, 0.29) is 0 Å². The summed E-state index contributed by atoms with van der Waals surface area (Å²) < 4.78 is 4.58. The molecule has 4 heteroatoms. The summed E-state index contributed by atoms with van der Waals surface area (Å²) in [5.41, 5.74) is 10.0. The topological polar surface area (TPSA) is 35.6 Å². The summed E-state index contributed by atoms with van der Waals surface area (Å²) in [4.78, 5) is 10.1. The van der Waals surface area contributed by atoms with Gasteiger partial charge >= 0.3 is 0 Å². The molecule has 0 fully saturated rings. The Morgan fingerprint density at radius 2 is 1.12 bits per heavy atom. The van der Waals surface area contributed by atoms with Gasteiger partial charge in [-0.2, -0.15) is 0 Å². The Labute approximate surface area is 231 Å². The fourth-order valence-electron chi connectivity index (χ4n) is 6.16. The Kier molecular flexibility index (Phi) is 4.92. The number of rotatable bonds is 3. The van der Waals surface area contributed by atoms with Crippen molar-refractivity contribution in [2.45, 2.75) is 13.8 Å². The average Bonchev–Trinajstić information content (AvgIpc) is 3.56. The lowest BCUT2D eigenvalue weighted by molar-refractivity contribution is 1.08. The molecule has 8 rings (SSSR count). The fourth-order valence-corrected chi connectivity index (χ4v) is 6.16. The number of benzene rings is 5. The number of aromatic nitrogens is 4. The molecule has 0 amide bonds. The summed E-state index contributed by atoms with van der Waals surface area (Å²) in [7, 11) is 0. The number of para-hydroxylation sites is 3. The molecule has 0 spiro atoms. The number of imidazole rings is 1. The molecule has 8 aromatic rings. The summed E-state index contributed by atoms with van der Waals surface area (Å²) in [6.45, 7) is 4.39. The molecule has 0 aliphatic rings. The molecule has 40 heavy (non-hydrogen) atoms. The van der Waals surface area contributed by atoms with Gasteiger partial charge in [0, 0.05) is 44.7 Å². The highest BCUT2D eigenvalue weighted by molar-refractivity contribution is 6.11. The second kappa shape index (κ2) is 8.65. The van der Waals surface area contributed by atoms with Crippen LogP contribution in [0.1, 0.15) is 11.1 Å². The zero-order chi connectivity index (χ0) is 26.8. The van der Waals surface area contributed by atoms with Crippen LogP contribution in [0.25, 0.3) is 66.5 Å². The molecule has 4 nitrogen and oxygen atoms in total. The molecule has 0 aliphatic carbocycles. The van der Waals surface area contributed by atoms with Gasteiger partial charge in [-0.3, -0.25) is 4.57 Å². The lowest BCUT2D eigenvalue weighted by Crippen LogP contribution is -2.00. The highest BCUT2D eigenvalue weighted by Gasteiger charge is 2.19. The Morgan fingerprint density at radius 3 is 1.82 bits per heavy atom. The predicted octanol–water partition coefficient (Wildman–Crippen LogP) is 8.95. The van der Waals surface area contributed by atoms with Gasteiger partial charge < -0.3 is 4.57 Å². The van der Waals surface area contributed by atoms with Crippen LogP contribution in [0.5, 0.6) is 0 Å². The molecule has 0 unspecified atom stereocenters. The third kappa shape index (κ3) is 3.26. The van der Waals surface area contributed by atoms with Crippen molar-refractivity contribution in [2.24, 2.45) is 0 Å². The van der Waals surface area contributed by atoms with Crippen LogP contribution in [0, 0.1) is 13.8 Å². The van der Waals surface area contributed by atoms with Gasteiger partial charge in [0.05, 0.1) is 11.0 Å². The summed E-state index contributed by atoms with van der Waals surface area (Å²) in [5.74, 6) is 0.881. The minimum atomic E-state index is 0.859. The molecule has 0 aliphatic heterocycles. The van der Waals surface area contributed by atoms with E-state index in [0.717, 1.165) is 44.7 Å². The highest BCUT2D eigenvalue weighted by Crippen LogP contribution is 2.37. The zero-order valence-corrected chi connectivity index (χ0v) is 22.3. The van der Waals surface area contributed by atoms with Gasteiger partial charge in [-0.1, -0.05) is 78.9 Å². The van der Waals surface area contributed by atoms with Gasteiger partial charge in [-0.05, 0) is 61.4 Å². The van der Waals surface area contributed by atoms with Crippen molar-refractivity contribution < 1.29 is 0 Å². The first kappa shape index (κ1) is 22.7. The van der Waals surface area contributed by atoms with Crippen LogP contribution in [0.2, 0.25) is 0 Å². The summed E-state index contributed by atoms with van der Waals surface area (Å²) in [5, 5.41) is 4.76. The number of hydrogen-bond acceptors (Lipinski definition) is 2. The van der Waals surface area contributed by atoms with Gasteiger partial charge in [0.25, 0.3) is 0 Å². The third-order valence-electron chi connectivity index (χ3n) is 8.01.